The molecule has 29 heavy (non-hydrogen) atoms. The van der Waals surface area contributed by atoms with Gasteiger partial charge in [0.2, 0.25) is 0 Å². The SMILES string of the molecule is O=C(NC1CCN(C(=O)c2csc(-c3cccc(Cl)c3)n2)CC1)c1cccnc1. The van der Waals surface area contributed by atoms with Crippen LogP contribution in [0.5, 0.6) is 0 Å². The van der Waals surface area contributed by atoms with E-state index in [2.05, 4.69) is 15.3 Å². The fourth-order valence-corrected chi connectivity index (χ4v) is 4.26. The molecule has 1 saturated heterocycles. The molecule has 4 rings (SSSR count). The Bertz CT molecular complexity index is 1020. The van der Waals surface area contributed by atoms with E-state index in [4.69, 9.17) is 11.6 Å². The number of amides is 2. The van der Waals surface area contributed by atoms with Gasteiger partial charge in [-0.3, -0.25) is 14.6 Å². The Balaban J connectivity index is 1.34. The number of aromatic nitrogens is 2. The zero-order valence-electron chi connectivity index (χ0n) is 15.5. The van der Waals surface area contributed by atoms with Crippen LogP contribution >= 0.6 is 22.9 Å². The van der Waals surface area contributed by atoms with Gasteiger partial charge in [-0.15, -0.1) is 11.3 Å². The van der Waals surface area contributed by atoms with Crippen molar-refractivity contribution in [3.8, 4) is 10.6 Å². The van der Waals surface area contributed by atoms with Crippen molar-refractivity contribution in [3.63, 3.8) is 0 Å². The lowest BCUT2D eigenvalue weighted by Gasteiger charge is -2.32. The van der Waals surface area contributed by atoms with Crippen molar-refractivity contribution in [3.05, 3.63) is 70.5 Å². The van der Waals surface area contributed by atoms with E-state index in [9.17, 15) is 9.59 Å². The van der Waals surface area contributed by atoms with Gasteiger partial charge in [0.1, 0.15) is 10.7 Å². The van der Waals surface area contributed by atoms with E-state index in [0.717, 1.165) is 10.6 Å². The minimum Gasteiger partial charge on any atom is -0.349 e. The predicted octanol–water partition coefficient (Wildman–Crippen LogP) is 3.89. The first-order valence-corrected chi connectivity index (χ1v) is 10.6. The molecule has 2 aromatic heterocycles. The summed E-state index contributed by atoms with van der Waals surface area (Å²) < 4.78 is 0. The lowest BCUT2D eigenvalue weighted by molar-refractivity contribution is 0.0693. The van der Waals surface area contributed by atoms with E-state index >= 15 is 0 Å². The number of carbonyl (C=O) groups excluding carboxylic acids is 2. The zero-order valence-corrected chi connectivity index (χ0v) is 17.1. The first kappa shape index (κ1) is 19.5. The number of hydrogen-bond acceptors (Lipinski definition) is 5. The van der Waals surface area contributed by atoms with Crippen molar-refractivity contribution < 1.29 is 9.59 Å². The van der Waals surface area contributed by atoms with Crippen molar-refractivity contribution in [2.24, 2.45) is 0 Å². The molecule has 0 radical (unpaired) electrons. The summed E-state index contributed by atoms with van der Waals surface area (Å²) in [6.07, 6.45) is 4.61. The minimum absolute atomic E-state index is 0.0456. The number of nitrogens with one attached hydrogen (secondary N) is 1. The molecule has 3 aromatic rings. The highest BCUT2D eigenvalue weighted by Gasteiger charge is 2.26. The Morgan fingerprint density at radius 3 is 2.72 bits per heavy atom. The van der Waals surface area contributed by atoms with E-state index in [-0.39, 0.29) is 17.9 Å². The molecule has 0 aliphatic carbocycles. The molecule has 0 unspecified atom stereocenters. The maximum absolute atomic E-state index is 12.8. The number of hydrogen-bond donors (Lipinski definition) is 1. The van der Waals surface area contributed by atoms with Crippen LogP contribution in [0.1, 0.15) is 33.7 Å². The number of rotatable bonds is 4. The lowest BCUT2D eigenvalue weighted by atomic mass is 10.0. The fraction of sp³-hybridized carbons (Fsp3) is 0.238. The quantitative estimate of drug-likeness (QED) is 0.686. The Morgan fingerprint density at radius 2 is 2.00 bits per heavy atom. The van der Waals surface area contributed by atoms with Crippen LogP contribution in [0, 0.1) is 0 Å². The molecule has 1 aliphatic rings. The predicted molar refractivity (Wildman–Crippen MR) is 113 cm³/mol. The molecule has 3 heterocycles. The topological polar surface area (TPSA) is 75.2 Å². The van der Waals surface area contributed by atoms with Crippen LogP contribution in [0.2, 0.25) is 5.02 Å². The van der Waals surface area contributed by atoms with Gasteiger partial charge in [-0.1, -0.05) is 23.7 Å². The monoisotopic (exact) mass is 426 g/mol. The van der Waals surface area contributed by atoms with E-state index in [1.165, 1.54) is 11.3 Å². The smallest absolute Gasteiger partial charge is 0.273 e. The van der Waals surface area contributed by atoms with Gasteiger partial charge >= 0.3 is 0 Å². The Labute approximate surface area is 177 Å². The number of piperidine rings is 1. The first-order valence-electron chi connectivity index (χ1n) is 9.32. The lowest BCUT2D eigenvalue weighted by Crippen LogP contribution is -2.46. The maximum Gasteiger partial charge on any atom is 0.273 e. The largest absolute Gasteiger partial charge is 0.349 e. The summed E-state index contributed by atoms with van der Waals surface area (Å²) in [5.41, 5.74) is 1.89. The molecule has 8 heteroatoms. The number of carbonyl (C=O) groups is 2. The molecule has 1 fully saturated rings. The second-order valence-corrected chi connectivity index (χ2v) is 8.12. The third-order valence-electron chi connectivity index (χ3n) is 4.84. The Hall–Kier alpha value is -2.77. The highest BCUT2D eigenvalue weighted by molar-refractivity contribution is 7.13. The average Bonchev–Trinajstić information content (AvgIpc) is 3.25. The van der Waals surface area contributed by atoms with Gasteiger partial charge in [-0.2, -0.15) is 0 Å². The molecule has 1 aliphatic heterocycles. The molecule has 1 N–H and O–H groups in total. The zero-order chi connectivity index (χ0) is 20.2. The van der Waals surface area contributed by atoms with Crippen LogP contribution in [-0.2, 0) is 0 Å². The highest BCUT2D eigenvalue weighted by atomic mass is 35.5. The molecule has 0 atom stereocenters. The highest BCUT2D eigenvalue weighted by Crippen LogP contribution is 2.27. The molecule has 1 aromatic carbocycles. The van der Waals surface area contributed by atoms with E-state index in [0.29, 0.717) is 42.2 Å². The van der Waals surface area contributed by atoms with Crippen molar-refractivity contribution in [2.75, 3.05) is 13.1 Å². The summed E-state index contributed by atoms with van der Waals surface area (Å²) in [7, 11) is 0. The number of pyridine rings is 1. The van der Waals surface area contributed by atoms with E-state index in [1.54, 1.807) is 34.8 Å². The van der Waals surface area contributed by atoms with Gasteiger partial charge in [0.25, 0.3) is 11.8 Å². The van der Waals surface area contributed by atoms with Gasteiger partial charge in [0.05, 0.1) is 5.56 Å². The number of halogens is 1. The van der Waals surface area contributed by atoms with E-state index < -0.39 is 0 Å². The van der Waals surface area contributed by atoms with Crippen LogP contribution in [0.15, 0.2) is 54.2 Å². The third kappa shape index (κ3) is 4.63. The van der Waals surface area contributed by atoms with Gasteiger partial charge in [-0.05, 0) is 37.1 Å². The summed E-state index contributed by atoms with van der Waals surface area (Å²) in [5.74, 6) is -0.208. The summed E-state index contributed by atoms with van der Waals surface area (Å²) in [4.78, 5) is 35.3. The third-order valence-corrected chi connectivity index (χ3v) is 5.96. The van der Waals surface area contributed by atoms with Crippen molar-refractivity contribution >= 4 is 34.8 Å². The maximum atomic E-state index is 12.8. The molecule has 148 valence electrons. The molecule has 6 nitrogen and oxygen atoms in total. The van der Waals surface area contributed by atoms with Crippen LogP contribution in [0.4, 0.5) is 0 Å². The first-order chi connectivity index (χ1) is 14.1. The standard InChI is InChI=1S/C21H19ClN4O2S/c22-16-5-1-3-14(11-16)20-25-18(13-29-20)21(28)26-9-6-17(7-10-26)24-19(27)15-4-2-8-23-12-15/h1-5,8,11-13,17H,6-7,9-10H2,(H,24,27). The van der Waals surface area contributed by atoms with Crippen LogP contribution in [0.3, 0.4) is 0 Å². The fourth-order valence-electron chi connectivity index (χ4n) is 3.28. The summed E-state index contributed by atoms with van der Waals surface area (Å²) in [6.45, 7) is 1.17. The number of thiazole rings is 1. The molecule has 0 spiro atoms. The van der Waals surface area contributed by atoms with Crippen molar-refractivity contribution in [1.29, 1.82) is 0 Å². The van der Waals surface area contributed by atoms with Crippen molar-refractivity contribution in [2.45, 2.75) is 18.9 Å². The van der Waals surface area contributed by atoms with Crippen LogP contribution in [0.25, 0.3) is 10.6 Å². The van der Waals surface area contributed by atoms with Crippen LogP contribution < -0.4 is 5.32 Å². The number of likely N-dealkylation sites (tertiary alicyclic amines) is 1. The van der Waals surface area contributed by atoms with E-state index in [1.807, 2.05) is 24.3 Å². The molecule has 2 amide bonds. The van der Waals surface area contributed by atoms with Gasteiger partial charge in [0, 0.05) is 47.5 Å². The van der Waals surface area contributed by atoms with Gasteiger partial charge in [-0.25, -0.2) is 4.98 Å². The van der Waals surface area contributed by atoms with Gasteiger partial charge in [0.15, 0.2) is 0 Å². The van der Waals surface area contributed by atoms with Crippen molar-refractivity contribution in [1.82, 2.24) is 20.2 Å². The molecule has 0 bridgehead atoms. The van der Waals surface area contributed by atoms with Gasteiger partial charge < -0.3 is 10.2 Å². The summed E-state index contributed by atoms with van der Waals surface area (Å²) in [5, 5.41) is 6.22. The van der Waals surface area contributed by atoms with Crippen LogP contribution in [-0.4, -0.2) is 45.8 Å². The Kier molecular flexibility index (Phi) is 5.87. The molecule has 0 saturated carbocycles. The summed E-state index contributed by atoms with van der Waals surface area (Å²) >= 11 is 7.47. The second kappa shape index (κ2) is 8.71. The average molecular weight is 427 g/mol. The molecular weight excluding hydrogens is 408 g/mol. The minimum atomic E-state index is -0.131. The normalized spacial score (nSPS) is 14.6. The number of benzene rings is 1. The summed E-state index contributed by atoms with van der Waals surface area (Å²) in [6, 6.07) is 11.0. The second-order valence-electron chi connectivity index (χ2n) is 6.83. The molecular formula is C21H19ClN4O2S. The number of nitrogens with zero attached hydrogens (tertiary/aromatic N) is 3. The Morgan fingerprint density at radius 1 is 1.17 bits per heavy atom.